The van der Waals surface area contributed by atoms with Crippen LogP contribution < -0.4 is 0 Å². The van der Waals surface area contributed by atoms with Crippen molar-refractivity contribution in [1.82, 2.24) is 4.98 Å². The van der Waals surface area contributed by atoms with Gasteiger partial charge in [-0.15, -0.1) is 34.9 Å². The van der Waals surface area contributed by atoms with Crippen LogP contribution in [0.25, 0.3) is 22.0 Å². The molecule has 0 amide bonds. The molecule has 4 heteroatoms. The van der Waals surface area contributed by atoms with Gasteiger partial charge in [-0.25, -0.2) is 0 Å². The number of allylic oxidation sites excluding steroid dienone is 2. The van der Waals surface area contributed by atoms with E-state index >= 15 is 0 Å². The summed E-state index contributed by atoms with van der Waals surface area (Å²) in [4.78, 5) is 16.3. The van der Waals surface area contributed by atoms with E-state index < -0.39 is 5.41 Å². The summed E-state index contributed by atoms with van der Waals surface area (Å²) in [6.07, 6.45) is 10.4. The Kier molecular flexibility index (Phi) is 12.6. The van der Waals surface area contributed by atoms with Gasteiger partial charge in [-0.3, -0.25) is 4.79 Å². The number of nitrogens with zero attached hydrogens (tertiary/aromatic N) is 1. The third kappa shape index (κ3) is 10.4. The number of benzene rings is 2. The molecule has 2 aromatic carbocycles. The van der Waals surface area contributed by atoms with E-state index in [1.165, 1.54) is 65.6 Å². The first kappa shape index (κ1) is 36.9. The molecule has 4 rings (SSSR count). The number of aryl methyl sites for hydroxylation is 1. The van der Waals surface area contributed by atoms with Crippen LogP contribution in [0.4, 0.5) is 0 Å². The van der Waals surface area contributed by atoms with Gasteiger partial charge in [0.25, 0.3) is 0 Å². The average Bonchev–Trinajstić information content (AvgIpc) is 2.91. The summed E-state index contributed by atoms with van der Waals surface area (Å²) >= 11 is 0. The van der Waals surface area contributed by atoms with Crippen LogP contribution in [0.15, 0.2) is 54.4 Å². The summed E-state index contributed by atoms with van der Waals surface area (Å²) in [5.41, 5.74) is 5.44. The molecule has 0 saturated heterocycles. The van der Waals surface area contributed by atoms with Gasteiger partial charge in [0, 0.05) is 43.2 Å². The van der Waals surface area contributed by atoms with Gasteiger partial charge in [-0.05, 0) is 58.2 Å². The predicted molar refractivity (Wildman–Crippen MR) is 179 cm³/mol. The largest absolute Gasteiger partial charge is 0.512 e. The van der Waals surface area contributed by atoms with Crippen molar-refractivity contribution in [3.63, 3.8) is 0 Å². The van der Waals surface area contributed by atoms with E-state index in [0.717, 1.165) is 17.2 Å². The number of aliphatic hydroxyl groups is 1. The third-order valence-corrected chi connectivity index (χ3v) is 8.55. The average molecular weight is 761 g/mol. The van der Waals surface area contributed by atoms with E-state index in [1.54, 1.807) is 0 Å². The molecule has 1 N–H and O–H groups in total. The normalized spacial score (nSPS) is 15.7. The van der Waals surface area contributed by atoms with Gasteiger partial charge in [-0.2, -0.15) is 0 Å². The monoisotopic (exact) mass is 761 g/mol. The zero-order valence-corrected chi connectivity index (χ0v) is 30.8. The van der Waals surface area contributed by atoms with E-state index in [4.69, 9.17) is 4.98 Å². The van der Waals surface area contributed by atoms with E-state index in [1.807, 2.05) is 41.5 Å². The standard InChI is InChI=1S/C28H34N.C11H20O2.Ir/c1-19-13-24(16-26(14-19)28(3,4)5)27-17-23-12-11-22(15-25(23)18-29-27)20(2)21-9-7-6-8-10-21;1-10(2,3)8(12)7-9(13)11(4,5)6;/h11-12,14-18,20-21H,6-10H2,1-5H3;7,12H,1-6H3;/q-1;;/b;8-7-;. The second kappa shape index (κ2) is 14.7. The van der Waals surface area contributed by atoms with E-state index in [2.05, 4.69) is 83.3 Å². The molecule has 1 aliphatic carbocycles. The summed E-state index contributed by atoms with van der Waals surface area (Å²) in [6.45, 7) is 22.4. The molecule has 1 fully saturated rings. The van der Waals surface area contributed by atoms with Crippen molar-refractivity contribution in [3.05, 3.63) is 77.2 Å². The Morgan fingerprint density at radius 1 is 0.907 bits per heavy atom. The topological polar surface area (TPSA) is 50.2 Å². The van der Waals surface area contributed by atoms with Crippen molar-refractivity contribution >= 4 is 16.6 Å². The summed E-state index contributed by atoms with van der Waals surface area (Å²) in [5.74, 6) is 1.58. The molecule has 1 atom stereocenters. The zero-order valence-electron chi connectivity index (χ0n) is 28.4. The fraction of sp³-hybridized carbons (Fsp3) is 0.538. The summed E-state index contributed by atoms with van der Waals surface area (Å²) in [5, 5.41) is 12.1. The van der Waals surface area contributed by atoms with Crippen LogP contribution in [0.5, 0.6) is 0 Å². The van der Waals surface area contributed by atoms with Gasteiger partial charge in [-0.1, -0.05) is 114 Å². The molecule has 1 saturated carbocycles. The summed E-state index contributed by atoms with van der Waals surface area (Å²) in [7, 11) is 0. The van der Waals surface area contributed by atoms with Crippen LogP contribution in [0.3, 0.4) is 0 Å². The SMILES string of the molecule is CC(C)(C)C(=O)/C=C(\O)C(C)(C)C.Cc1[c-]c(-c2cc3ccc(C(C)C4CCCCC4)cc3cn2)cc(C(C)(C)C)c1.[Ir]. The van der Waals surface area contributed by atoms with E-state index in [-0.39, 0.29) is 42.5 Å². The van der Waals surface area contributed by atoms with Gasteiger partial charge >= 0.3 is 0 Å². The van der Waals surface area contributed by atoms with Crippen LogP contribution in [0.2, 0.25) is 0 Å². The minimum Gasteiger partial charge on any atom is -0.512 e. The number of rotatable bonds is 4. The number of pyridine rings is 1. The van der Waals surface area contributed by atoms with Crippen LogP contribution in [-0.2, 0) is 30.3 Å². The van der Waals surface area contributed by atoms with Gasteiger partial charge in [0.05, 0.1) is 0 Å². The van der Waals surface area contributed by atoms with Crippen LogP contribution >= 0.6 is 0 Å². The van der Waals surface area contributed by atoms with Crippen molar-refractivity contribution in [2.75, 3.05) is 0 Å². The van der Waals surface area contributed by atoms with E-state index in [0.29, 0.717) is 5.92 Å². The first-order chi connectivity index (χ1) is 19.4. The molecule has 3 nitrogen and oxygen atoms in total. The number of ketones is 1. The van der Waals surface area contributed by atoms with Crippen LogP contribution in [0.1, 0.15) is 124 Å². The Labute approximate surface area is 275 Å². The minimum atomic E-state index is -0.417. The molecule has 1 radical (unpaired) electrons. The number of hydrogen-bond donors (Lipinski definition) is 1. The van der Waals surface area contributed by atoms with Crippen molar-refractivity contribution in [3.8, 4) is 11.3 Å². The van der Waals surface area contributed by atoms with E-state index in [9.17, 15) is 9.90 Å². The second-order valence-electron chi connectivity index (χ2n) is 15.5. The van der Waals surface area contributed by atoms with Crippen LogP contribution in [0, 0.1) is 29.7 Å². The van der Waals surface area contributed by atoms with Crippen molar-refractivity contribution in [2.24, 2.45) is 16.7 Å². The maximum absolute atomic E-state index is 11.5. The number of hydrogen-bond acceptors (Lipinski definition) is 3. The quantitative estimate of drug-likeness (QED) is 0.164. The van der Waals surface area contributed by atoms with Gasteiger partial charge < -0.3 is 10.1 Å². The first-order valence-electron chi connectivity index (χ1n) is 15.8. The number of carbonyl (C=O) groups excluding carboxylic acids is 1. The number of aliphatic hydroxyl groups excluding tert-OH is 1. The Morgan fingerprint density at radius 3 is 2.09 bits per heavy atom. The maximum Gasteiger partial charge on any atom is 0.164 e. The molecular weight excluding hydrogens is 707 g/mol. The third-order valence-electron chi connectivity index (χ3n) is 8.55. The minimum absolute atomic E-state index is 0. The molecule has 1 unspecified atom stereocenters. The fourth-order valence-corrected chi connectivity index (χ4v) is 5.34. The number of carbonyl (C=O) groups is 1. The van der Waals surface area contributed by atoms with Gasteiger partial charge in [0.1, 0.15) is 5.76 Å². The van der Waals surface area contributed by atoms with Gasteiger partial charge in [0.15, 0.2) is 5.78 Å². The molecule has 1 aliphatic rings. The molecule has 3 aromatic rings. The molecule has 1 aromatic heterocycles. The number of fused-ring (bicyclic) bond motifs is 1. The Bertz CT molecular complexity index is 1410. The number of aromatic nitrogens is 1. The molecule has 43 heavy (non-hydrogen) atoms. The zero-order chi connectivity index (χ0) is 31.5. The maximum atomic E-state index is 11.5. The predicted octanol–water partition coefficient (Wildman–Crippen LogP) is 11.1. The summed E-state index contributed by atoms with van der Waals surface area (Å²) < 4.78 is 0. The molecule has 0 bridgehead atoms. The Morgan fingerprint density at radius 2 is 1.53 bits per heavy atom. The van der Waals surface area contributed by atoms with Crippen molar-refractivity contribution in [1.29, 1.82) is 0 Å². The summed E-state index contributed by atoms with van der Waals surface area (Å²) in [6, 6.07) is 17.2. The Balaban J connectivity index is 0.000000394. The van der Waals surface area contributed by atoms with Gasteiger partial charge in [0.2, 0.25) is 0 Å². The molecular formula is C39H54IrNO2-. The molecule has 1 heterocycles. The van der Waals surface area contributed by atoms with Crippen molar-refractivity contribution < 1.29 is 30.0 Å². The molecule has 237 valence electrons. The Hall–Kier alpha value is -2.29. The first-order valence-corrected chi connectivity index (χ1v) is 15.8. The van der Waals surface area contributed by atoms with Crippen molar-refractivity contribution in [2.45, 2.75) is 120 Å². The molecule has 0 spiro atoms. The second-order valence-corrected chi connectivity index (χ2v) is 15.5. The molecule has 0 aliphatic heterocycles. The smallest absolute Gasteiger partial charge is 0.164 e. The van der Waals surface area contributed by atoms with Crippen LogP contribution in [-0.4, -0.2) is 15.9 Å². The fourth-order valence-electron chi connectivity index (χ4n) is 5.34.